The maximum atomic E-state index is 5.61. The summed E-state index contributed by atoms with van der Waals surface area (Å²) in [7, 11) is 0. The normalized spacial score (nSPS) is 26.7. The third-order valence-electron chi connectivity index (χ3n) is 2.81. The highest BCUT2D eigenvalue weighted by Gasteiger charge is 2.50. The Hall–Kier alpha value is -1.52. The highest BCUT2D eigenvalue weighted by molar-refractivity contribution is 5.38. The molecule has 16 heavy (non-hydrogen) atoms. The monoisotopic (exact) mass is 212 g/mol. The molecule has 0 bridgehead atoms. The summed E-state index contributed by atoms with van der Waals surface area (Å²) in [5.41, 5.74) is 0.806. The molecule has 0 radical (unpaired) electrons. The lowest BCUT2D eigenvalue weighted by atomic mass is 10.0. The molecule has 0 unspecified atom stereocenters. The van der Waals surface area contributed by atoms with Gasteiger partial charge in [-0.3, -0.25) is 0 Å². The van der Waals surface area contributed by atoms with Gasteiger partial charge in [0.05, 0.1) is 6.10 Å². The summed E-state index contributed by atoms with van der Waals surface area (Å²) in [5, 5.41) is 0. The maximum absolute atomic E-state index is 5.61. The molecule has 1 aliphatic heterocycles. The van der Waals surface area contributed by atoms with Gasteiger partial charge in [0.15, 0.2) is 5.60 Å². The van der Waals surface area contributed by atoms with E-state index in [0.29, 0.717) is 0 Å². The minimum Gasteiger partial charge on any atom is -0.353 e. The van der Waals surface area contributed by atoms with E-state index in [1.807, 2.05) is 36.4 Å². The van der Waals surface area contributed by atoms with E-state index in [0.717, 1.165) is 18.4 Å². The lowest BCUT2D eigenvalue weighted by Gasteiger charge is -1.94. The van der Waals surface area contributed by atoms with Crippen LogP contribution < -0.4 is 0 Å². The van der Waals surface area contributed by atoms with Gasteiger partial charge in [0.1, 0.15) is 0 Å². The molecule has 0 N–H and O–H groups in total. The zero-order valence-electron chi connectivity index (χ0n) is 9.57. The minimum absolute atomic E-state index is 0.237. The average Bonchev–Trinajstić information content (AvgIpc) is 2.97. The summed E-state index contributed by atoms with van der Waals surface area (Å²) in [5.74, 6) is 6.35. The fourth-order valence-corrected chi connectivity index (χ4v) is 1.69. The molecule has 0 amide bonds. The van der Waals surface area contributed by atoms with Crippen LogP contribution >= 0.6 is 0 Å². The van der Waals surface area contributed by atoms with Crippen molar-refractivity contribution in [2.75, 3.05) is 0 Å². The number of rotatable bonds is 3. The van der Waals surface area contributed by atoms with Gasteiger partial charge in [0.2, 0.25) is 0 Å². The highest BCUT2D eigenvalue weighted by Crippen LogP contribution is 2.38. The first kappa shape index (κ1) is 11.0. The van der Waals surface area contributed by atoms with E-state index in [2.05, 4.69) is 25.3 Å². The van der Waals surface area contributed by atoms with Crippen molar-refractivity contribution >= 4 is 0 Å². The molecule has 1 heterocycles. The van der Waals surface area contributed by atoms with Crippen molar-refractivity contribution in [2.45, 2.75) is 31.5 Å². The Morgan fingerprint density at radius 2 is 2.19 bits per heavy atom. The average molecular weight is 212 g/mol. The Kier molecular flexibility index (Phi) is 3.12. The number of ether oxygens (including phenoxy) is 1. The third kappa shape index (κ3) is 2.53. The van der Waals surface area contributed by atoms with E-state index in [4.69, 9.17) is 4.74 Å². The maximum Gasteiger partial charge on any atom is 0.152 e. The van der Waals surface area contributed by atoms with Gasteiger partial charge in [0, 0.05) is 5.56 Å². The van der Waals surface area contributed by atoms with E-state index >= 15 is 0 Å². The van der Waals surface area contributed by atoms with E-state index < -0.39 is 0 Å². The molecule has 0 aliphatic carbocycles. The van der Waals surface area contributed by atoms with Gasteiger partial charge in [-0.2, -0.15) is 0 Å². The minimum atomic E-state index is -0.237. The number of benzene rings is 1. The topological polar surface area (TPSA) is 12.5 Å². The standard InChI is InChI=1S/C15H16O/c1-3-4-10-14-15(2,16-14)12-11-13-8-6-5-7-9-13/h3,5-9,14H,1,4,10H2,2H3/t14-,15+/m1/s1. The van der Waals surface area contributed by atoms with Gasteiger partial charge in [-0.15, -0.1) is 6.58 Å². The van der Waals surface area contributed by atoms with Crippen LogP contribution in [0.15, 0.2) is 43.0 Å². The van der Waals surface area contributed by atoms with Crippen LogP contribution in [0.5, 0.6) is 0 Å². The Morgan fingerprint density at radius 3 is 2.88 bits per heavy atom. The van der Waals surface area contributed by atoms with Crippen molar-refractivity contribution in [1.82, 2.24) is 0 Å². The predicted molar refractivity (Wildman–Crippen MR) is 66.0 cm³/mol. The van der Waals surface area contributed by atoms with E-state index in [1.54, 1.807) is 0 Å². The van der Waals surface area contributed by atoms with Gasteiger partial charge in [-0.05, 0) is 31.9 Å². The van der Waals surface area contributed by atoms with Gasteiger partial charge in [-0.1, -0.05) is 36.1 Å². The lowest BCUT2D eigenvalue weighted by molar-refractivity contribution is 0.343. The molecule has 0 aromatic heterocycles. The van der Waals surface area contributed by atoms with E-state index in [1.165, 1.54) is 0 Å². The molecule has 1 aromatic carbocycles. The van der Waals surface area contributed by atoms with Crippen molar-refractivity contribution < 1.29 is 4.74 Å². The van der Waals surface area contributed by atoms with Crippen LogP contribution in [0.3, 0.4) is 0 Å². The molecule has 1 aromatic rings. The second kappa shape index (κ2) is 4.55. The van der Waals surface area contributed by atoms with Crippen LogP contribution in [-0.2, 0) is 4.74 Å². The van der Waals surface area contributed by atoms with Crippen molar-refractivity contribution in [1.29, 1.82) is 0 Å². The van der Waals surface area contributed by atoms with Gasteiger partial charge >= 0.3 is 0 Å². The second-order valence-electron chi connectivity index (χ2n) is 4.20. The van der Waals surface area contributed by atoms with Crippen molar-refractivity contribution in [2.24, 2.45) is 0 Å². The Balaban J connectivity index is 1.96. The summed E-state index contributed by atoms with van der Waals surface area (Å²) in [6.45, 7) is 5.76. The molecule has 0 saturated carbocycles. The molecule has 1 heteroatoms. The molecule has 82 valence electrons. The van der Waals surface area contributed by atoms with Crippen molar-refractivity contribution in [3.8, 4) is 11.8 Å². The fourth-order valence-electron chi connectivity index (χ4n) is 1.69. The first-order valence-electron chi connectivity index (χ1n) is 5.61. The van der Waals surface area contributed by atoms with Gasteiger partial charge in [0.25, 0.3) is 0 Å². The highest BCUT2D eigenvalue weighted by atomic mass is 16.6. The van der Waals surface area contributed by atoms with Crippen LogP contribution in [0.25, 0.3) is 0 Å². The Bertz CT molecular complexity index is 424. The molecular formula is C15H16O. The summed E-state index contributed by atoms with van der Waals surface area (Å²) >= 11 is 0. The molecule has 1 nitrogen and oxygen atoms in total. The van der Waals surface area contributed by atoms with Crippen LogP contribution in [-0.4, -0.2) is 11.7 Å². The van der Waals surface area contributed by atoms with Gasteiger partial charge in [-0.25, -0.2) is 0 Å². The first-order chi connectivity index (χ1) is 7.74. The molecule has 2 rings (SSSR count). The van der Waals surface area contributed by atoms with E-state index in [-0.39, 0.29) is 11.7 Å². The number of hydrogen-bond acceptors (Lipinski definition) is 1. The summed E-state index contributed by atoms with van der Waals surface area (Å²) < 4.78 is 5.61. The molecule has 2 atom stereocenters. The molecule has 1 saturated heterocycles. The Labute approximate surface area is 97.1 Å². The molecule has 0 spiro atoms. The quantitative estimate of drug-likeness (QED) is 0.426. The number of hydrogen-bond donors (Lipinski definition) is 0. The molecule has 1 aliphatic rings. The van der Waals surface area contributed by atoms with Gasteiger partial charge < -0.3 is 4.74 Å². The SMILES string of the molecule is C=CCC[C@H]1O[C@@]1(C)C#Cc1ccccc1. The van der Waals surface area contributed by atoms with Crippen LogP contribution in [0, 0.1) is 11.8 Å². The Morgan fingerprint density at radius 1 is 1.44 bits per heavy atom. The summed E-state index contributed by atoms with van der Waals surface area (Å²) in [4.78, 5) is 0. The van der Waals surface area contributed by atoms with E-state index in [9.17, 15) is 0 Å². The third-order valence-corrected chi connectivity index (χ3v) is 2.81. The predicted octanol–water partition coefficient (Wildman–Crippen LogP) is 3.16. The van der Waals surface area contributed by atoms with Crippen molar-refractivity contribution in [3.63, 3.8) is 0 Å². The molecular weight excluding hydrogens is 196 g/mol. The molecule has 1 fully saturated rings. The van der Waals surface area contributed by atoms with Crippen molar-refractivity contribution in [3.05, 3.63) is 48.6 Å². The van der Waals surface area contributed by atoms with Crippen LogP contribution in [0.1, 0.15) is 25.3 Å². The van der Waals surface area contributed by atoms with Crippen LogP contribution in [0.4, 0.5) is 0 Å². The number of epoxide rings is 1. The van der Waals surface area contributed by atoms with Crippen LogP contribution in [0.2, 0.25) is 0 Å². The zero-order chi connectivity index (χ0) is 11.4. The number of allylic oxidation sites excluding steroid dienone is 1. The first-order valence-corrected chi connectivity index (χ1v) is 5.61. The summed E-state index contributed by atoms with van der Waals surface area (Å²) in [6, 6.07) is 10.0. The lowest BCUT2D eigenvalue weighted by Crippen LogP contribution is -2.05. The summed E-state index contributed by atoms with van der Waals surface area (Å²) in [6.07, 6.45) is 4.21. The zero-order valence-corrected chi connectivity index (χ0v) is 9.57. The second-order valence-corrected chi connectivity index (χ2v) is 4.20. The fraction of sp³-hybridized carbons (Fsp3) is 0.333. The largest absolute Gasteiger partial charge is 0.353 e. The smallest absolute Gasteiger partial charge is 0.152 e.